The van der Waals surface area contributed by atoms with Crippen LogP contribution >= 0.6 is 11.3 Å². The second kappa shape index (κ2) is 7.45. The van der Waals surface area contributed by atoms with Crippen LogP contribution in [0.5, 0.6) is 0 Å². The van der Waals surface area contributed by atoms with Crippen LogP contribution in [0, 0.1) is 23.0 Å². The molecule has 1 fully saturated rings. The largest absolute Gasteiger partial charge is 0.382 e. The quantitative estimate of drug-likeness (QED) is 0.398. The van der Waals surface area contributed by atoms with Gasteiger partial charge in [-0.25, -0.2) is 0 Å². The maximum atomic E-state index is 12.2. The molecule has 1 aromatic heterocycles. The molecule has 0 saturated heterocycles. The molecule has 0 radical (unpaired) electrons. The number of carbonyl (C=O) groups is 2. The fraction of sp³-hybridized carbons (Fsp3) is 0.333. The summed E-state index contributed by atoms with van der Waals surface area (Å²) in [5.74, 6) is -1.79. The Morgan fingerprint density at radius 3 is 2.67 bits per heavy atom. The van der Waals surface area contributed by atoms with Gasteiger partial charge in [0, 0.05) is 17.0 Å². The molecule has 1 aliphatic rings. The van der Waals surface area contributed by atoms with E-state index in [1.807, 2.05) is 17.5 Å². The first-order chi connectivity index (χ1) is 12.8. The Bertz CT molecular complexity index is 879. The first-order valence-electron chi connectivity index (χ1n) is 8.42. The molecular weight excluding hydrogens is 370 g/mol. The summed E-state index contributed by atoms with van der Waals surface area (Å²) < 4.78 is 0. The molecule has 2 amide bonds. The van der Waals surface area contributed by atoms with Crippen molar-refractivity contribution in [2.24, 2.45) is 5.92 Å². The van der Waals surface area contributed by atoms with Gasteiger partial charge in [0.1, 0.15) is 5.60 Å². The molecule has 27 heavy (non-hydrogen) atoms. The van der Waals surface area contributed by atoms with Gasteiger partial charge in [0.15, 0.2) is 0 Å². The van der Waals surface area contributed by atoms with Crippen LogP contribution < -0.4 is 10.6 Å². The minimum Gasteiger partial charge on any atom is -0.382 e. The van der Waals surface area contributed by atoms with Gasteiger partial charge in [-0.3, -0.25) is 19.7 Å². The Kier molecular flexibility index (Phi) is 5.24. The molecule has 9 heteroatoms. The van der Waals surface area contributed by atoms with Crippen LogP contribution in [0.15, 0.2) is 35.7 Å². The van der Waals surface area contributed by atoms with Gasteiger partial charge in [0.05, 0.1) is 17.2 Å². The normalized spacial score (nSPS) is 15.6. The number of carbonyl (C=O) groups excluding carboxylic acids is 2. The van der Waals surface area contributed by atoms with E-state index in [1.54, 1.807) is 6.92 Å². The van der Waals surface area contributed by atoms with Crippen LogP contribution in [-0.4, -0.2) is 28.4 Å². The second-order valence-electron chi connectivity index (χ2n) is 6.57. The molecule has 1 heterocycles. The third-order valence-corrected chi connectivity index (χ3v) is 5.64. The summed E-state index contributed by atoms with van der Waals surface area (Å²) in [4.78, 5) is 35.4. The summed E-state index contributed by atoms with van der Waals surface area (Å²) in [7, 11) is 0. The summed E-state index contributed by atoms with van der Waals surface area (Å²) in [6, 6.07) is 7.65. The highest BCUT2D eigenvalue weighted by molar-refractivity contribution is 7.10. The number of hydrogen-bond acceptors (Lipinski definition) is 6. The fourth-order valence-corrected chi connectivity index (χ4v) is 3.75. The van der Waals surface area contributed by atoms with E-state index in [4.69, 9.17) is 0 Å². The minimum atomic E-state index is -1.19. The zero-order chi connectivity index (χ0) is 19.6. The van der Waals surface area contributed by atoms with Gasteiger partial charge in [0.2, 0.25) is 0 Å². The number of nitrogens with zero attached hydrogens (tertiary/aromatic N) is 1. The van der Waals surface area contributed by atoms with Gasteiger partial charge in [0.25, 0.3) is 5.69 Å². The van der Waals surface area contributed by atoms with Gasteiger partial charge in [-0.15, -0.1) is 11.3 Å². The number of anilines is 1. The molecular formula is C18H19N3O5S. The molecule has 142 valence electrons. The first kappa shape index (κ1) is 19.0. The Morgan fingerprint density at radius 1 is 1.33 bits per heavy atom. The van der Waals surface area contributed by atoms with Crippen LogP contribution in [-0.2, 0) is 15.2 Å². The van der Waals surface area contributed by atoms with E-state index < -0.39 is 22.3 Å². The molecule has 1 atom stereocenters. The predicted molar refractivity (Wildman–Crippen MR) is 100 cm³/mol. The number of non-ortho nitro benzene ring substituents is 1. The van der Waals surface area contributed by atoms with Crippen LogP contribution in [0.3, 0.4) is 0 Å². The Morgan fingerprint density at radius 2 is 2.07 bits per heavy atom. The molecule has 8 nitrogen and oxygen atoms in total. The summed E-state index contributed by atoms with van der Waals surface area (Å²) in [6.07, 6.45) is 1.73. The molecule has 1 aliphatic carbocycles. The highest BCUT2D eigenvalue weighted by atomic mass is 32.1. The molecule has 0 aliphatic heterocycles. The zero-order valence-corrected chi connectivity index (χ0v) is 15.4. The van der Waals surface area contributed by atoms with Crippen LogP contribution in [0.25, 0.3) is 0 Å². The van der Waals surface area contributed by atoms with Crippen molar-refractivity contribution in [1.29, 1.82) is 0 Å². The Balaban J connectivity index is 1.65. The molecule has 1 saturated carbocycles. The van der Waals surface area contributed by atoms with Crippen LogP contribution in [0.1, 0.15) is 23.3 Å². The van der Waals surface area contributed by atoms with Crippen molar-refractivity contribution in [2.45, 2.75) is 25.4 Å². The first-order valence-corrected chi connectivity index (χ1v) is 9.30. The van der Waals surface area contributed by atoms with E-state index in [0.717, 1.165) is 17.7 Å². The SMILES string of the molecule is Cc1ccc([N+](=O)[O-])cc1NC(=O)C(=O)NCC(O)(c1cccs1)C1CC1. The van der Waals surface area contributed by atoms with E-state index in [2.05, 4.69) is 10.6 Å². The monoisotopic (exact) mass is 389 g/mol. The lowest BCUT2D eigenvalue weighted by atomic mass is 9.95. The van der Waals surface area contributed by atoms with Gasteiger partial charge in [-0.1, -0.05) is 12.1 Å². The molecule has 3 rings (SSSR count). The van der Waals surface area contributed by atoms with Crippen molar-refractivity contribution in [3.63, 3.8) is 0 Å². The summed E-state index contributed by atoms with van der Waals surface area (Å²) in [5, 5.41) is 28.5. The number of aliphatic hydroxyl groups is 1. The van der Waals surface area contributed by atoms with Gasteiger partial charge in [-0.2, -0.15) is 0 Å². The number of amides is 2. The molecule has 1 aromatic carbocycles. The number of aryl methyl sites for hydroxylation is 1. The summed E-state index contributed by atoms with van der Waals surface area (Å²) in [6.45, 7) is 1.60. The number of rotatable bonds is 6. The van der Waals surface area contributed by atoms with E-state index in [9.17, 15) is 24.8 Å². The second-order valence-corrected chi connectivity index (χ2v) is 7.52. The topological polar surface area (TPSA) is 122 Å². The number of thiophene rings is 1. The maximum absolute atomic E-state index is 12.2. The van der Waals surface area contributed by atoms with Gasteiger partial charge >= 0.3 is 11.8 Å². The van der Waals surface area contributed by atoms with E-state index >= 15 is 0 Å². The lowest BCUT2D eigenvalue weighted by Crippen LogP contribution is -2.45. The molecule has 2 aromatic rings. The number of hydrogen-bond donors (Lipinski definition) is 3. The standard InChI is InChI=1S/C18H19N3O5S/c1-11-4-7-13(21(25)26)9-14(11)20-17(23)16(22)19-10-18(24,12-5-6-12)15-3-2-8-27-15/h2-4,7-9,12,24H,5-6,10H2,1H3,(H,19,22)(H,20,23). The number of benzene rings is 1. The molecule has 1 unspecified atom stereocenters. The van der Waals surface area contributed by atoms with E-state index in [-0.39, 0.29) is 23.8 Å². The third kappa shape index (κ3) is 4.15. The average Bonchev–Trinajstić information content (AvgIpc) is 3.35. The molecule has 0 bridgehead atoms. The average molecular weight is 389 g/mol. The summed E-state index contributed by atoms with van der Waals surface area (Å²) >= 11 is 1.40. The summed E-state index contributed by atoms with van der Waals surface area (Å²) in [5.41, 5.74) is -0.585. The Hall–Kier alpha value is -2.78. The van der Waals surface area contributed by atoms with Crippen LogP contribution in [0.4, 0.5) is 11.4 Å². The lowest BCUT2D eigenvalue weighted by Gasteiger charge is -2.27. The predicted octanol–water partition coefficient (Wildman–Crippen LogP) is 2.32. The number of nitro benzene ring substituents is 1. The third-order valence-electron chi connectivity index (χ3n) is 4.61. The highest BCUT2D eigenvalue weighted by Crippen LogP contribution is 2.46. The zero-order valence-electron chi connectivity index (χ0n) is 14.6. The smallest absolute Gasteiger partial charge is 0.313 e. The fourth-order valence-electron chi connectivity index (χ4n) is 2.85. The van der Waals surface area contributed by atoms with Crippen molar-refractivity contribution < 1.29 is 19.6 Å². The highest BCUT2D eigenvalue weighted by Gasteiger charge is 2.46. The van der Waals surface area contributed by atoms with Crippen molar-refractivity contribution in [3.05, 3.63) is 56.3 Å². The number of nitro groups is 1. The number of nitrogens with one attached hydrogen (secondary N) is 2. The van der Waals surface area contributed by atoms with Crippen LogP contribution in [0.2, 0.25) is 0 Å². The van der Waals surface area contributed by atoms with E-state index in [0.29, 0.717) is 5.56 Å². The van der Waals surface area contributed by atoms with Crippen molar-refractivity contribution in [1.82, 2.24) is 5.32 Å². The van der Waals surface area contributed by atoms with Crippen molar-refractivity contribution in [2.75, 3.05) is 11.9 Å². The Labute approximate surface area is 159 Å². The van der Waals surface area contributed by atoms with Gasteiger partial charge < -0.3 is 15.7 Å². The maximum Gasteiger partial charge on any atom is 0.313 e. The van der Waals surface area contributed by atoms with E-state index in [1.165, 1.54) is 29.5 Å². The molecule has 3 N–H and O–H groups in total. The lowest BCUT2D eigenvalue weighted by molar-refractivity contribution is -0.384. The van der Waals surface area contributed by atoms with Crippen molar-refractivity contribution in [3.8, 4) is 0 Å². The van der Waals surface area contributed by atoms with Gasteiger partial charge in [-0.05, 0) is 42.7 Å². The molecule has 0 spiro atoms. The minimum absolute atomic E-state index is 0.0542. The van der Waals surface area contributed by atoms with Crippen molar-refractivity contribution >= 4 is 34.5 Å².